The van der Waals surface area contributed by atoms with E-state index in [9.17, 15) is 10.1 Å². The third-order valence-corrected chi connectivity index (χ3v) is 3.67. The van der Waals surface area contributed by atoms with Gasteiger partial charge in [-0.2, -0.15) is 0 Å². The second-order valence-corrected chi connectivity index (χ2v) is 5.28. The van der Waals surface area contributed by atoms with Crippen LogP contribution in [0.3, 0.4) is 0 Å². The van der Waals surface area contributed by atoms with Gasteiger partial charge in [0.2, 0.25) is 6.79 Å². The van der Waals surface area contributed by atoms with E-state index in [-0.39, 0.29) is 12.5 Å². The summed E-state index contributed by atoms with van der Waals surface area (Å²) in [5, 5.41) is 13.9. The third kappa shape index (κ3) is 2.48. The first-order valence-electron chi connectivity index (χ1n) is 5.74. The van der Waals surface area contributed by atoms with Crippen molar-refractivity contribution in [3.8, 4) is 11.5 Å². The monoisotopic (exact) mass is 384 g/mol. The van der Waals surface area contributed by atoms with Gasteiger partial charge in [-0.05, 0) is 46.9 Å². The first-order valence-corrected chi connectivity index (χ1v) is 6.82. The molecule has 0 fully saturated rings. The highest BCUT2D eigenvalue weighted by Gasteiger charge is 2.14. The number of rotatable bonds is 3. The predicted molar refractivity (Wildman–Crippen MR) is 81.7 cm³/mol. The second-order valence-electron chi connectivity index (χ2n) is 4.12. The molecule has 2 aromatic rings. The maximum Gasteiger partial charge on any atom is 0.282 e. The van der Waals surface area contributed by atoms with Gasteiger partial charge in [0.25, 0.3) is 5.69 Å². The van der Waals surface area contributed by atoms with Crippen LogP contribution in [0.1, 0.15) is 0 Å². The molecule has 0 unspecified atom stereocenters. The topological polar surface area (TPSA) is 73.6 Å². The standard InChI is InChI=1S/C13H9IN2O4/c14-10-5-8(1-3-11(10)16(17)18)15-9-2-4-12-13(6-9)20-7-19-12/h1-6,15H,7H2. The molecule has 0 amide bonds. The second kappa shape index (κ2) is 5.16. The molecule has 0 aromatic heterocycles. The van der Waals surface area contributed by atoms with Crippen LogP contribution in [-0.2, 0) is 0 Å². The van der Waals surface area contributed by atoms with Crippen molar-refractivity contribution in [2.75, 3.05) is 12.1 Å². The number of anilines is 2. The molecular formula is C13H9IN2O4. The van der Waals surface area contributed by atoms with Crippen molar-refractivity contribution in [3.63, 3.8) is 0 Å². The molecule has 0 aliphatic carbocycles. The van der Waals surface area contributed by atoms with E-state index in [2.05, 4.69) is 5.32 Å². The lowest BCUT2D eigenvalue weighted by molar-refractivity contribution is -0.385. The zero-order valence-corrected chi connectivity index (χ0v) is 12.3. The van der Waals surface area contributed by atoms with E-state index in [0.29, 0.717) is 15.1 Å². The number of benzene rings is 2. The lowest BCUT2D eigenvalue weighted by Gasteiger charge is -2.07. The molecule has 0 saturated heterocycles. The van der Waals surface area contributed by atoms with Crippen LogP contribution in [0.4, 0.5) is 17.1 Å². The number of nitrogens with one attached hydrogen (secondary N) is 1. The van der Waals surface area contributed by atoms with Crippen LogP contribution in [0.5, 0.6) is 11.5 Å². The summed E-state index contributed by atoms with van der Waals surface area (Å²) in [6.45, 7) is 0.230. The number of hydrogen-bond donors (Lipinski definition) is 1. The van der Waals surface area contributed by atoms with Crippen LogP contribution < -0.4 is 14.8 Å². The van der Waals surface area contributed by atoms with Crippen LogP contribution in [0, 0.1) is 13.7 Å². The lowest BCUT2D eigenvalue weighted by atomic mass is 10.2. The molecule has 1 heterocycles. The van der Waals surface area contributed by atoms with Gasteiger partial charge in [-0.25, -0.2) is 0 Å². The van der Waals surface area contributed by atoms with E-state index < -0.39 is 4.92 Å². The minimum Gasteiger partial charge on any atom is -0.454 e. The Hall–Kier alpha value is -2.03. The number of nitrogens with zero attached hydrogens (tertiary/aromatic N) is 1. The number of fused-ring (bicyclic) bond motifs is 1. The third-order valence-electron chi connectivity index (χ3n) is 2.81. The molecule has 2 aromatic carbocycles. The van der Waals surface area contributed by atoms with Crippen LogP contribution >= 0.6 is 22.6 Å². The fourth-order valence-electron chi connectivity index (χ4n) is 1.87. The molecule has 0 spiro atoms. The van der Waals surface area contributed by atoms with Gasteiger partial charge < -0.3 is 14.8 Å². The molecule has 1 aliphatic heterocycles. The van der Waals surface area contributed by atoms with E-state index in [1.54, 1.807) is 12.1 Å². The van der Waals surface area contributed by atoms with Crippen molar-refractivity contribution >= 4 is 39.7 Å². The summed E-state index contributed by atoms with van der Waals surface area (Å²) in [7, 11) is 0. The Kier molecular flexibility index (Phi) is 3.35. The van der Waals surface area contributed by atoms with Gasteiger partial charge in [0, 0.05) is 23.5 Å². The van der Waals surface area contributed by atoms with Crippen molar-refractivity contribution in [3.05, 3.63) is 50.1 Å². The average molecular weight is 384 g/mol. The summed E-state index contributed by atoms with van der Waals surface area (Å²) >= 11 is 1.95. The smallest absolute Gasteiger partial charge is 0.282 e. The molecule has 0 atom stereocenters. The van der Waals surface area contributed by atoms with Crippen LogP contribution in [-0.4, -0.2) is 11.7 Å². The summed E-state index contributed by atoms with van der Waals surface area (Å²) in [4.78, 5) is 10.4. The van der Waals surface area contributed by atoms with Gasteiger partial charge >= 0.3 is 0 Å². The number of nitro benzene ring substituents is 1. The molecule has 1 N–H and O–H groups in total. The largest absolute Gasteiger partial charge is 0.454 e. The minimum atomic E-state index is -0.397. The van der Waals surface area contributed by atoms with E-state index in [1.807, 2.05) is 40.8 Å². The maximum atomic E-state index is 10.8. The molecule has 0 radical (unpaired) electrons. The zero-order chi connectivity index (χ0) is 14.1. The highest BCUT2D eigenvalue weighted by Crippen LogP contribution is 2.35. The number of nitro groups is 1. The van der Waals surface area contributed by atoms with E-state index in [4.69, 9.17) is 9.47 Å². The zero-order valence-electron chi connectivity index (χ0n) is 10.1. The summed E-state index contributed by atoms with van der Waals surface area (Å²) in [5.74, 6) is 1.40. The molecular weight excluding hydrogens is 375 g/mol. The molecule has 0 bridgehead atoms. The Morgan fingerprint density at radius 2 is 1.80 bits per heavy atom. The highest BCUT2D eigenvalue weighted by atomic mass is 127. The van der Waals surface area contributed by atoms with Crippen molar-refractivity contribution in [1.29, 1.82) is 0 Å². The Balaban J connectivity index is 1.84. The molecule has 20 heavy (non-hydrogen) atoms. The minimum absolute atomic E-state index is 0.0989. The summed E-state index contributed by atoms with van der Waals surface area (Å²) in [6, 6.07) is 10.4. The fraction of sp³-hybridized carbons (Fsp3) is 0.0769. The van der Waals surface area contributed by atoms with Gasteiger partial charge in [0.1, 0.15) is 0 Å². The van der Waals surface area contributed by atoms with Gasteiger partial charge in [-0.3, -0.25) is 10.1 Å². The number of hydrogen-bond acceptors (Lipinski definition) is 5. The molecule has 6 nitrogen and oxygen atoms in total. The van der Waals surface area contributed by atoms with Gasteiger partial charge in [0.05, 0.1) is 8.49 Å². The fourth-order valence-corrected chi connectivity index (χ4v) is 2.59. The van der Waals surface area contributed by atoms with Crippen molar-refractivity contribution in [2.24, 2.45) is 0 Å². The first-order chi connectivity index (χ1) is 9.63. The van der Waals surface area contributed by atoms with Crippen molar-refractivity contribution in [2.45, 2.75) is 0 Å². The Bertz CT molecular complexity index is 690. The molecule has 0 saturated carbocycles. The SMILES string of the molecule is O=[N+]([O-])c1ccc(Nc2ccc3c(c2)OCO3)cc1I. The quantitative estimate of drug-likeness (QED) is 0.497. The highest BCUT2D eigenvalue weighted by molar-refractivity contribution is 14.1. The van der Waals surface area contributed by atoms with E-state index in [0.717, 1.165) is 11.4 Å². The number of halogens is 1. The first kappa shape index (κ1) is 13.0. The predicted octanol–water partition coefficient (Wildman–Crippen LogP) is 3.67. The molecule has 102 valence electrons. The molecule has 3 rings (SSSR count). The maximum absolute atomic E-state index is 10.8. The van der Waals surface area contributed by atoms with Crippen LogP contribution in [0.2, 0.25) is 0 Å². The van der Waals surface area contributed by atoms with Gasteiger partial charge in [0.15, 0.2) is 11.5 Å². The molecule has 1 aliphatic rings. The van der Waals surface area contributed by atoms with Crippen LogP contribution in [0.25, 0.3) is 0 Å². The Morgan fingerprint density at radius 1 is 1.10 bits per heavy atom. The summed E-state index contributed by atoms with van der Waals surface area (Å²) in [5.41, 5.74) is 1.71. The van der Waals surface area contributed by atoms with Crippen molar-refractivity contribution < 1.29 is 14.4 Å². The van der Waals surface area contributed by atoms with Crippen LogP contribution in [0.15, 0.2) is 36.4 Å². The molecule has 7 heteroatoms. The summed E-state index contributed by atoms with van der Waals surface area (Å²) in [6.07, 6.45) is 0. The van der Waals surface area contributed by atoms with E-state index >= 15 is 0 Å². The lowest BCUT2D eigenvalue weighted by Crippen LogP contribution is -1.95. The average Bonchev–Trinajstić information content (AvgIpc) is 2.85. The Labute approximate surface area is 128 Å². The van der Waals surface area contributed by atoms with E-state index in [1.165, 1.54) is 6.07 Å². The normalized spacial score (nSPS) is 12.2. The van der Waals surface area contributed by atoms with Crippen molar-refractivity contribution in [1.82, 2.24) is 0 Å². The number of ether oxygens (including phenoxy) is 2. The summed E-state index contributed by atoms with van der Waals surface area (Å²) < 4.78 is 11.1. The van der Waals surface area contributed by atoms with Gasteiger partial charge in [-0.15, -0.1) is 0 Å². The van der Waals surface area contributed by atoms with Gasteiger partial charge in [-0.1, -0.05) is 0 Å². The Morgan fingerprint density at radius 3 is 2.55 bits per heavy atom.